The molecule has 0 radical (unpaired) electrons. The van der Waals surface area contributed by atoms with E-state index < -0.39 is 0 Å². The Morgan fingerprint density at radius 3 is 0.931 bits per heavy atom. The van der Waals surface area contributed by atoms with Crippen LogP contribution in [0.4, 0.5) is 0 Å². The zero-order chi connectivity index (χ0) is 21.5. The molecule has 3 heteroatoms. The number of hydrogen-bond acceptors (Lipinski definition) is 2. The number of unbranched alkanes of at least 4 members (excludes halogenated alkanes) is 16. The first-order chi connectivity index (χ1) is 14.2. The van der Waals surface area contributed by atoms with Gasteiger partial charge in [0.2, 0.25) is 0 Å². The van der Waals surface area contributed by atoms with Crippen LogP contribution in [0.15, 0.2) is 0 Å². The molecule has 2 N–H and O–H groups in total. The van der Waals surface area contributed by atoms with E-state index in [0.717, 1.165) is 30.7 Å². The number of quaternary nitrogens is 1. The molecule has 29 heavy (non-hydrogen) atoms. The quantitative estimate of drug-likeness (QED) is 0.134. The van der Waals surface area contributed by atoms with E-state index in [4.69, 9.17) is 0 Å². The molecule has 3 nitrogen and oxygen atoms in total. The number of aliphatic hydroxyl groups is 2. The van der Waals surface area contributed by atoms with Crippen molar-refractivity contribution in [3.05, 3.63) is 0 Å². The van der Waals surface area contributed by atoms with Gasteiger partial charge in [-0.25, -0.2) is 0 Å². The van der Waals surface area contributed by atoms with Gasteiger partial charge in [-0.1, -0.05) is 104 Å². The molecule has 0 atom stereocenters. The van der Waals surface area contributed by atoms with Gasteiger partial charge in [-0.05, 0) is 25.7 Å². The molecule has 0 fully saturated rings. The third-order valence-corrected chi connectivity index (χ3v) is 6.62. The Morgan fingerprint density at radius 1 is 0.379 bits per heavy atom. The molecule has 0 heterocycles. The fourth-order valence-corrected chi connectivity index (χ4v) is 4.61. The highest BCUT2D eigenvalue weighted by molar-refractivity contribution is 4.52. The van der Waals surface area contributed by atoms with E-state index in [1.165, 1.54) is 116 Å². The van der Waals surface area contributed by atoms with E-state index in [0.29, 0.717) is 0 Å². The average molecular weight is 415 g/mol. The Hall–Kier alpha value is -0.120. The molecule has 0 rings (SSSR count). The zero-order valence-corrected chi connectivity index (χ0v) is 20.3. The third-order valence-electron chi connectivity index (χ3n) is 6.62. The van der Waals surface area contributed by atoms with Gasteiger partial charge in [-0.3, -0.25) is 0 Å². The minimum Gasteiger partial charge on any atom is -0.391 e. The van der Waals surface area contributed by atoms with Crippen LogP contribution in [0.2, 0.25) is 0 Å². The minimum absolute atomic E-state index is 0.245. The first-order valence-corrected chi connectivity index (χ1v) is 13.3. The summed E-state index contributed by atoms with van der Waals surface area (Å²) in [6, 6.07) is 0. The van der Waals surface area contributed by atoms with Crippen LogP contribution in [-0.4, -0.2) is 54.1 Å². The highest BCUT2D eigenvalue weighted by Gasteiger charge is 2.25. The normalized spacial score (nSPS) is 12.0. The molecule has 0 aromatic carbocycles. The molecule has 0 amide bonds. The van der Waals surface area contributed by atoms with E-state index in [1.807, 2.05) is 0 Å². The van der Waals surface area contributed by atoms with Gasteiger partial charge in [0.1, 0.15) is 13.1 Å². The average Bonchev–Trinajstić information content (AvgIpc) is 2.72. The van der Waals surface area contributed by atoms with Crippen LogP contribution in [0, 0.1) is 0 Å². The van der Waals surface area contributed by atoms with Crippen molar-refractivity contribution in [1.29, 1.82) is 0 Å². The summed E-state index contributed by atoms with van der Waals surface area (Å²) in [4.78, 5) is 0. The van der Waals surface area contributed by atoms with Gasteiger partial charge in [0.25, 0.3) is 0 Å². The fourth-order valence-electron chi connectivity index (χ4n) is 4.61. The Morgan fingerprint density at radius 2 is 0.655 bits per heavy atom. The van der Waals surface area contributed by atoms with Crippen LogP contribution >= 0.6 is 0 Å². The highest BCUT2D eigenvalue weighted by Crippen LogP contribution is 2.16. The molecular weight excluding hydrogens is 358 g/mol. The van der Waals surface area contributed by atoms with Gasteiger partial charge >= 0.3 is 0 Å². The summed E-state index contributed by atoms with van der Waals surface area (Å²) in [6.45, 7) is 8.93. The first-order valence-electron chi connectivity index (χ1n) is 13.3. The van der Waals surface area contributed by atoms with E-state index >= 15 is 0 Å². The van der Waals surface area contributed by atoms with Crippen LogP contribution in [0.5, 0.6) is 0 Å². The Labute approximate surface area is 183 Å². The molecule has 176 valence electrons. The van der Waals surface area contributed by atoms with Crippen molar-refractivity contribution < 1.29 is 14.7 Å². The fraction of sp³-hybridized carbons (Fsp3) is 1.00. The van der Waals surface area contributed by atoms with Gasteiger partial charge in [0.15, 0.2) is 0 Å². The van der Waals surface area contributed by atoms with Crippen molar-refractivity contribution in [3.63, 3.8) is 0 Å². The van der Waals surface area contributed by atoms with Crippen LogP contribution in [0.1, 0.15) is 129 Å². The van der Waals surface area contributed by atoms with E-state index in [9.17, 15) is 10.2 Å². The summed E-state index contributed by atoms with van der Waals surface area (Å²) in [5.74, 6) is 0. The van der Waals surface area contributed by atoms with Gasteiger partial charge in [0, 0.05) is 0 Å². The minimum atomic E-state index is 0.245. The molecule has 0 aromatic heterocycles. The second kappa shape index (κ2) is 22.6. The van der Waals surface area contributed by atoms with Crippen LogP contribution in [0.25, 0.3) is 0 Å². The maximum Gasteiger partial charge on any atom is 0.102 e. The van der Waals surface area contributed by atoms with E-state index in [-0.39, 0.29) is 13.2 Å². The number of hydrogen-bond donors (Lipinski definition) is 2. The van der Waals surface area contributed by atoms with Gasteiger partial charge < -0.3 is 14.7 Å². The maximum absolute atomic E-state index is 9.62. The maximum atomic E-state index is 9.62. The SMILES string of the molecule is CCCCCCCCCCCC[N+](CCO)(CCO)CCCCCCCCCC. The van der Waals surface area contributed by atoms with Gasteiger partial charge in [-0.2, -0.15) is 0 Å². The number of rotatable bonds is 24. The molecule has 0 spiro atoms. The summed E-state index contributed by atoms with van der Waals surface area (Å²) in [5, 5.41) is 19.2. The lowest BCUT2D eigenvalue weighted by Crippen LogP contribution is -2.52. The highest BCUT2D eigenvalue weighted by atomic mass is 16.3. The van der Waals surface area contributed by atoms with Crippen molar-refractivity contribution in [2.45, 2.75) is 129 Å². The van der Waals surface area contributed by atoms with Gasteiger partial charge in [0.05, 0.1) is 26.3 Å². The monoisotopic (exact) mass is 414 g/mol. The van der Waals surface area contributed by atoms with Gasteiger partial charge in [-0.15, -0.1) is 0 Å². The summed E-state index contributed by atoms with van der Waals surface area (Å²) >= 11 is 0. The molecule has 0 aliphatic rings. The predicted octanol–water partition coefficient (Wildman–Crippen LogP) is 6.85. The van der Waals surface area contributed by atoms with Crippen LogP contribution < -0.4 is 0 Å². The lowest BCUT2D eigenvalue weighted by Gasteiger charge is -2.38. The molecule has 0 unspecified atom stereocenters. The van der Waals surface area contributed by atoms with E-state index in [1.54, 1.807) is 0 Å². The van der Waals surface area contributed by atoms with Crippen LogP contribution in [-0.2, 0) is 0 Å². The third kappa shape index (κ3) is 18.4. The molecule has 0 aliphatic carbocycles. The van der Waals surface area contributed by atoms with Crippen molar-refractivity contribution in [2.24, 2.45) is 0 Å². The second-order valence-corrected chi connectivity index (χ2v) is 9.34. The second-order valence-electron chi connectivity index (χ2n) is 9.34. The molecule has 0 aromatic rings. The molecular formula is C26H56NO2+. The van der Waals surface area contributed by atoms with Crippen molar-refractivity contribution in [1.82, 2.24) is 0 Å². The van der Waals surface area contributed by atoms with Crippen LogP contribution in [0.3, 0.4) is 0 Å². The van der Waals surface area contributed by atoms with E-state index in [2.05, 4.69) is 13.8 Å². The van der Waals surface area contributed by atoms with Crippen molar-refractivity contribution in [2.75, 3.05) is 39.4 Å². The Balaban J connectivity index is 3.95. The number of aliphatic hydroxyl groups excluding tert-OH is 2. The predicted molar refractivity (Wildman–Crippen MR) is 128 cm³/mol. The molecule has 0 bridgehead atoms. The standard InChI is InChI=1S/C26H56NO2/c1-3-5-7-9-11-13-14-16-18-20-22-27(23-25-28,24-26-29)21-19-17-15-12-10-8-6-4-2/h28-29H,3-26H2,1-2H3/q+1. The lowest BCUT2D eigenvalue weighted by atomic mass is 10.1. The van der Waals surface area contributed by atoms with Crippen molar-refractivity contribution >= 4 is 0 Å². The zero-order valence-electron chi connectivity index (χ0n) is 20.3. The lowest BCUT2D eigenvalue weighted by molar-refractivity contribution is -0.929. The molecule has 0 saturated carbocycles. The summed E-state index contributed by atoms with van der Waals surface area (Å²) < 4.78 is 0.930. The van der Waals surface area contributed by atoms with Crippen molar-refractivity contribution in [3.8, 4) is 0 Å². The summed E-state index contributed by atoms with van der Waals surface area (Å²) in [7, 11) is 0. The topological polar surface area (TPSA) is 40.5 Å². The smallest absolute Gasteiger partial charge is 0.102 e. The largest absolute Gasteiger partial charge is 0.391 e. The number of nitrogens with zero attached hydrogens (tertiary/aromatic N) is 1. The summed E-state index contributed by atoms with van der Waals surface area (Å²) in [6.07, 6.45) is 24.4. The summed E-state index contributed by atoms with van der Waals surface area (Å²) in [5.41, 5.74) is 0. The Bertz CT molecular complexity index is 303. The first kappa shape index (κ1) is 28.9. The molecule has 0 aliphatic heterocycles. The Kier molecular flexibility index (Phi) is 22.5. The molecule has 0 saturated heterocycles.